The zero-order valence-corrected chi connectivity index (χ0v) is 16.4. The molecule has 0 heterocycles. The highest BCUT2D eigenvalue weighted by molar-refractivity contribution is 4.80. The van der Waals surface area contributed by atoms with Crippen molar-refractivity contribution in [3.05, 3.63) is 24.8 Å². The molecule has 2 heteroatoms. The molecule has 0 aromatic rings. The first-order valence-corrected chi connectivity index (χ1v) is 10.3. The van der Waals surface area contributed by atoms with E-state index in [0.717, 1.165) is 19.3 Å². The number of hydrogen-bond donors (Lipinski definition) is 2. The van der Waals surface area contributed by atoms with Gasteiger partial charge in [-0.15, -0.1) is 6.58 Å². The van der Waals surface area contributed by atoms with Crippen LogP contribution in [-0.2, 0) is 0 Å². The summed E-state index contributed by atoms with van der Waals surface area (Å²) in [5.41, 5.74) is 0. The second-order valence-electron chi connectivity index (χ2n) is 6.49. The lowest BCUT2D eigenvalue weighted by molar-refractivity contribution is 0.282. The molecule has 24 heavy (non-hydrogen) atoms. The van der Waals surface area contributed by atoms with Gasteiger partial charge in [0, 0.05) is 6.61 Å². The third-order valence-corrected chi connectivity index (χ3v) is 4.06. The van der Waals surface area contributed by atoms with E-state index in [1.807, 2.05) is 12.2 Å². The molecule has 0 aliphatic heterocycles. The summed E-state index contributed by atoms with van der Waals surface area (Å²) in [5, 5.41) is 17.0. The topological polar surface area (TPSA) is 40.5 Å². The van der Waals surface area contributed by atoms with Gasteiger partial charge in [-0.25, -0.2) is 0 Å². The van der Waals surface area contributed by atoms with Crippen LogP contribution in [0.3, 0.4) is 0 Å². The van der Waals surface area contributed by atoms with Gasteiger partial charge in [-0.1, -0.05) is 89.4 Å². The predicted molar refractivity (Wildman–Crippen MR) is 108 cm³/mol. The molecule has 0 aliphatic carbocycles. The fraction of sp³-hybridized carbons (Fsp3) is 0.818. The second-order valence-corrected chi connectivity index (χ2v) is 6.49. The number of rotatable bonds is 17. The Morgan fingerprint density at radius 1 is 0.625 bits per heavy atom. The van der Waals surface area contributed by atoms with Crippen molar-refractivity contribution >= 4 is 0 Å². The van der Waals surface area contributed by atoms with Gasteiger partial charge in [-0.2, -0.15) is 0 Å². The van der Waals surface area contributed by atoms with Gasteiger partial charge in [0.05, 0.1) is 6.61 Å². The summed E-state index contributed by atoms with van der Waals surface area (Å²) in [6, 6.07) is 0. The van der Waals surface area contributed by atoms with E-state index in [-0.39, 0.29) is 6.61 Å². The fourth-order valence-corrected chi connectivity index (χ4v) is 2.52. The molecular weight excluding hydrogens is 296 g/mol. The van der Waals surface area contributed by atoms with Crippen molar-refractivity contribution in [1.82, 2.24) is 0 Å². The molecule has 0 aromatic carbocycles. The maximum absolute atomic E-state index is 8.53. The number of aliphatic hydroxyl groups excluding tert-OH is 2. The van der Waals surface area contributed by atoms with Crippen molar-refractivity contribution in [3.8, 4) is 0 Å². The lowest BCUT2D eigenvalue weighted by Gasteiger charge is -1.99. The van der Waals surface area contributed by atoms with Crippen molar-refractivity contribution < 1.29 is 10.2 Å². The van der Waals surface area contributed by atoms with Gasteiger partial charge in [0.25, 0.3) is 0 Å². The maximum atomic E-state index is 8.53. The van der Waals surface area contributed by atoms with Crippen molar-refractivity contribution in [2.24, 2.45) is 0 Å². The van der Waals surface area contributed by atoms with E-state index in [1.54, 1.807) is 0 Å². The lowest BCUT2D eigenvalue weighted by atomic mass is 10.1. The van der Waals surface area contributed by atoms with Crippen LogP contribution in [0.5, 0.6) is 0 Å². The minimum Gasteiger partial charge on any atom is -0.396 e. The third kappa shape index (κ3) is 29.4. The molecule has 0 saturated heterocycles. The summed E-state index contributed by atoms with van der Waals surface area (Å²) in [6.45, 7) is 6.48. The van der Waals surface area contributed by atoms with Gasteiger partial charge < -0.3 is 10.2 Å². The van der Waals surface area contributed by atoms with Crippen LogP contribution < -0.4 is 0 Å². The first-order chi connectivity index (χ1) is 11.8. The number of hydrogen-bond acceptors (Lipinski definition) is 2. The third-order valence-electron chi connectivity index (χ3n) is 4.06. The molecule has 0 rings (SSSR count). The molecular formula is C22H44O2. The Kier molecular flexibility index (Phi) is 29.1. The maximum Gasteiger partial charge on any atom is 0.0612 e. The first-order valence-electron chi connectivity index (χ1n) is 10.3. The summed E-state index contributed by atoms with van der Waals surface area (Å²) >= 11 is 0. The zero-order chi connectivity index (χ0) is 18.1. The highest BCUT2D eigenvalue weighted by Crippen LogP contribution is 2.08. The molecule has 0 aliphatic rings. The van der Waals surface area contributed by atoms with Crippen molar-refractivity contribution in [3.63, 3.8) is 0 Å². The van der Waals surface area contributed by atoms with E-state index in [9.17, 15) is 0 Å². The van der Waals surface area contributed by atoms with Crippen molar-refractivity contribution in [2.45, 2.75) is 103 Å². The van der Waals surface area contributed by atoms with Crippen LogP contribution in [-0.4, -0.2) is 23.4 Å². The molecule has 0 atom stereocenters. The van der Waals surface area contributed by atoms with Crippen LogP contribution >= 0.6 is 0 Å². The molecule has 0 fully saturated rings. The van der Waals surface area contributed by atoms with Gasteiger partial charge >= 0.3 is 0 Å². The highest BCUT2D eigenvalue weighted by Gasteiger charge is 1.90. The Morgan fingerprint density at radius 2 is 1.12 bits per heavy atom. The Morgan fingerprint density at radius 3 is 1.62 bits per heavy atom. The minimum absolute atomic E-state index is 0.190. The van der Waals surface area contributed by atoms with Gasteiger partial charge in [0.2, 0.25) is 0 Å². The standard InChI is InChI=1S/2C11H22O/c2*1-2-3-4-5-6-7-8-9-10-11-12/h9-10,12H,2-8,11H2,1H3;2,12H,1,3-11H2. The minimum atomic E-state index is 0.190. The van der Waals surface area contributed by atoms with Crippen LogP contribution in [0.15, 0.2) is 24.8 Å². The predicted octanol–water partition coefficient (Wildman–Crippen LogP) is 6.57. The van der Waals surface area contributed by atoms with Gasteiger partial charge in [-0.05, 0) is 32.1 Å². The molecule has 0 amide bonds. The Bertz CT molecular complexity index is 236. The fourth-order valence-electron chi connectivity index (χ4n) is 2.52. The van der Waals surface area contributed by atoms with E-state index in [2.05, 4.69) is 19.6 Å². The largest absolute Gasteiger partial charge is 0.396 e. The second kappa shape index (κ2) is 27.3. The Labute approximate surface area is 152 Å². The van der Waals surface area contributed by atoms with Crippen LogP contribution in [0.1, 0.15) is 103 Å². The summed E-state index contributed by atoms with van der Waals surface area (Å²) in [6.07, 6.45) is 25.0. The molecule has 0 aromatic heterocycles. The summed E-state index contributed by atoms with van der Waals surface area (Å²) in [5.74, 6) is 0. The molecule has 0 bridgehead atoms. The summed E-state index contributed by atoms with van der Waals surface area (Å²) in [7, 11) is 0. The van der Waals surface area contributed by atoms with Gasteiger partial charge in [-0.3, -0.25) is 0 Å². The first kappa shape index (κ1) is 25.6. The molecule has 0 radical (unpaired) electrons. The Balaban J connectivity index is 0. The van der Waals surface area contributed by atoms with E-state index in [1.165, 1.54) is 77.0 Å². The lowest BCUT2D eigenvalue weighted by Crippen LogP contribution is -1.83. The summed E-state index contributed by atoms with van der Waals surface area (Å²) in [4.78, 5) is 0. The SMILES string of the molecule is C=CCCCCCCCCCO.CCCCCCCCC=CCO. The quantitative estimate of drug-likeness (QED) is 0.232. The molecule has 0 saturated carbocycles. The monoisotopic (exact) mass is 340 g/mol. The van der Waals surface area contributed by atoms with Crippen molar-refractivity contribution in [1.29, 1.82) is 0 Å². The molecule has 2 nitrogen and oxygen atoms in total. The number of aliphatic hydroxyl groups is 2. The number of allylic oxidation sites excluding steroid dienone is 2. The van der Waals surface area contributed by atoms with Gasteiger partial charge in [0.1, 0.15) is 0 Å². The normalized spacial score (nSPS) is 10.6. The Hall–Kier alpha value is -0.600. The van der Waals surface area contributed by atoms with Crippen LogP contribution in [0.25, 0.3) is 0 Å². The van der Waals surface area contributed by atoms with Crippen LogP contribution in [0, 0.1) is 0 Å². The average molecular weight is 341 g/mol. The van der Waals surface area contributed by atoms with E-state index in [0.29, 0.717) is 6.61 Å². The van der Waals surface area contributed by atoms with Crippen LogP contribution in [0.4, 0.5) is 0 Å². The molecule has 0 unspecified atom stereocenters. The van der Waals surface area contributed by atoms with Crippen LogP contribution in [0.2, 0.25) is 0 Å². The highest BCUT2D eigenvalue weighted by atomic mass is 16.3. The summed E-state index contributed by atoms with van der Waals surface area (Å²) < 4.78 is 0. The van der Waals surface area contributed by atoms with E-state index < -0.39 is 0 Å². The average Bonchev–Trinajstić information content (AvgIpc) is 2.60. The van der Waals surface area contributed by atoms with Crippen molar-refractivity contribution in [2.75, 3.05) is 13.2 Å². The smallest absolute Gasteiger partial charge is 0.0612 e. The van der Waals surface area contributed by atoms with Gasteiger partial charge in [0.15, 0.2) is 0 Å². The zero-order valence-electron chi connectivity index (χ0n) is 16.4. The molecule has 0 spiro atoms. The molecule has 144 valence electrons. The van der Waals surface area contributed by atoms with E-state index >= 15 is 0 Å². The molecule has 2 N–H and O–H groups in total. The van der Waals surface area contributed by atoms with E-state index in [4.69, 9.17) is 10.2 Å². The number of unbranched alkanes of at least 4 members (excludes halogenated alkanes) is 13.